The molecule has 0 radical (unpaired) electrons. The van der Waals surface area contributed by atoms with Crippen molar-refractivity contribution >= 4 is 23.5 Å². The maximum Gasteiger partial charge on any atom is 0.412 e. The van der Waals surface area contributed by atoms with Crippen LogP contribution in [-0.2, 0) is 9.53 Å². The molecule has 2 aromatic rings. The second-order valence-electron chi connectivity index (χ2n) is 6.47. The molecular formula is C17H21N5O3. The third-order valence-electron chi connectivity index (χ3n) is 2.92. The smallest absolute Gasteiger partial charge is 0.412 e. The van der Waals surface area contributed by atoms with Crippen molar-refractivity contribution in [3.8, 4) is 11.3 Å². The van der Waals surface area contributed by atoms with Crippen LogP contribution in [0.5, 0.6) is 0 Å². The summed E-state index contributed by atoms with van der Waals surface area (Å²) in [4.78, 5) is 35.8. The highest BCUT2D eigenvalue weighted by Gasteiger charge is 2.19. The molecule has 2 aromatic heterocycles. The van der Waals surface area contributed by atoms with Gasteiger partial charge in [0.1, 0.15) is 17.7 Å². The topological polar surface area (TPSA) is 106 Å². The molecule has 2 rings (SSSR count). The maximum atomic E-state index is 12.1. The fraction of sp³-hybridized carbons (Fsp3) is 0.353. The Hall–Kier alpha value is -3.03. The SMILES string of the molecule is CC(=O)Nc1cc(NC(=O)OC(C)(C)C)c(-c2cc(C)ncn2)cn1. The van der Waals surface area contributed by atoms with Crippen LogP contribution in [0.4, 0.5) is 16.3 Å². The second kappa shape index (κ2) is 7.25. The number of carbonyl (C=O) groups is 2. The molecule has 8 nitrogen and oxygen atoms in total. The highest BCUT2D eigenvalue weighted by atomic mass is 16.6. The van der Waals surface area contributed by atoms with Crippen LogP contribution in [0.3, 0.4) is 0 Å². The minimum atomic E-state index is -0.636. The Balaban J connectivity index is 2.41. The first-order chi connectivity index (χ1) is 11.6. The summed E-state index contributed by atoms with van der Waals surface area (Å²) in [5.41, 5.74) is 1.75. The number of ether oxygens (including phenoxy) is 1. The third-order valence-corrected chi connectivity index (χ3v) is 2.92. The van der Waals surface area contributed by atoms with Crippen LogP contribution >= 0.6 is 0 Å². The first kappa shape index (κ1) is 18.3. The highest BCUT2D eigenvalue weighted by Crippen LogP contribution is 2.28. The van der Waals surface area contributed by atoms with Gasteiger partial charge in [0, 0.05) is 30.4 Å². The third kappa shape index (κ3) is 5.52. The molecule has 0 aromatic carbocycles. The molecule has 25 heavy (non-hydrogen) atoms. The Labute approximate surface area is 146 Å². The second-order valence-corrected chi connectivity index (χ2v) is 6.47. The van der Waals surface area contributed by atoms with Crippen LogP contribution in [0.15, 0.2) is 24.7 Å². The van der Waals surface area contributed by atoms with Crippen molar-refractivity contribution in [2.24, 2.45) is 0 Å². The first-order valence-electron chi connectivity index (χ1n) is 7.71. The number of hydrogen-bond acceptors (Lipinski definition) is 6. The molecule has 2 N–H and O–H groups in total. The highest BCUT2D eigenvalue weighted by molar-refractivity contribution is 5.94. The van der Waals surface area contributed by atoms with Gasteiger partial charge in [-0.15, -0.1) is 0 Å². The van der Waals surface area contributed by atoms with Gasteiger partial charge in [0.15, 0.2) is 0 Å². The summed E-state index contributed by atoms with van der Waals surface area (Å²) in [6.45, 7) is 8.54. The molecule has 0 aliphatic rings. The molecule has 8 heteroatoms. The Kier molecular flexibility index (Phi) is 5.31. The number of aromatic nitrogens is 3. The summed E-state index contributed by atoms with van der Waals surface area (Å²) in [5, 5.41) is 5.27. The molecule has 0 saturated heterocycles. The lowest BCUT2D eigenvalue weighted by Crippen LogP contribution is -2.27. The Morgan fingerprint density at radius 1 is 1.08 bits per heavy atom. The lowest BCUT2D eigenvalue weighted by atomic mass is 10.1. The van der Waals surface area contributed by atoms with Gasteiger partial charge in [0.05, 0.1) is 11.4 Å². The Morgan fingerprint density at radius 3 is 2.40 bits per heavy atom. The van der Waals surface area contributed by atoms with Crippen LogP contribution in [0.25, 0.3) is 11.3 Å². The lowest BCUT2D eigenvalue weighted by molar-refractivity contribution is -0.114. The van der Waals surface area contributed by atoms with Crippen LogP contribution in [0, 0.1) is 6.92 Å². The van der Waals surface area contributed by atoms with E-state index >= 15 is 0 Å². The van der Waals surface area contributed by atoms with Crippen molar-refractivity contribution in [2.75, 3.05) is 10.6 Å². The fourth-order valence-electron chi connectivity index (χ4n) is 2.03. The van der Waals surface area contributed by atoms with Crippen molar-refractivity contribution < 1.29 is 14.3 Å². The van der Waals surface area contributed by atoms with E-state index in [1.54, 1.807) is 32.9 Å². The normalized spacial score (nSPS) is 10.9. The number of carbonyl (C=O) groups excluding carboxylic acids is 2. The van der Waals surface area contributed by atoms with E-state index in [-0.39, 0.29) is 5.91 Å². The minimum absolute atomic E-state index is 0.263. The number of aryl methyl sites for hydroxylation is 1. The fourth-order valence-corrected chi connectivity index (χ4v) is 2.03. The van der Waals surface area contributed by atoms with E-state index in [2.05, 4.69) is 25.6 Å². The summed E-state index contributed by atoms with van der Waals surface area (Å²) >= 11 is 0. The van der Waals surface area contributed by atoms with Crippen molar-refractivity contribution in [3.05, 3.63) is 30.4 Å². The molecule has 2 amide bonds. The summed E-state index contributed by atoms with van der Waals surface area (Å²) in [5.74, 6) is 0.0504. The molecule has 132 valence electrons. The number of nitrogens with zero attached hydrogens (tertiary/aromatic N) is 3. The van der Waals surface area contributed by atoms with E-state index in [9.17, 15) is 9.59 Å². The molecule has 0 fully saturated rings. The molecule has 0 unspecified atom stereocenters. The van der Waals surface area contributed by atoms with Crippen LogP contribution in [0.2, 0.25) is 0 Å². The van der Waals surface area contributed by atoms with Gasteiger partial charge >= 0.3 is 6.09 Å². The zero-order valence-electron chi connectivity index (χ0n) is 14.9. The minimum Gasteiger partial charge on any atom is -0.444 e. The van der Waals surface area contributed by atoms with Gasteiger partial charge < -0.3 is 10.1 Å². The monoisotopic (exact) mass is 343 g/mol. The molecule has 0 aliphatic carbocycles. The Bertz CT molecular complexity index is 799. The van der Waals surface area contributed by atoms with E-state index in [0.717, 1.165) is 5.69 Å². The largest absolute Gasteiger partial charge is 0.444 e. The number of rotatable bonds is 3. The summed E-state index contributed by atoms with van der Waals surface area (Å²) in [7, 11) is 0. The van der Waals surface area contributed by atoms with Crippen LogP contribution < -0.4 is 10.6 Å². The van der Waals surface area contributed by atoms with Gasteiger partial charge in [-0.1, -0.05) is 0 Å². The summed E-state index contributed by atoms with van der Waals surface area (Å²) in [6.07, 6.45) is 2.35. The van der Waals surface area contributed by atoms with Crippen molar-refractivity contribution in [3.63, 3.8) is 0 Å². The molecule has 0 atom stereocenters. The Morgan fingerprint density at radius 2 is 1.80 bits per heavy atom. The molecule has 0 bridgehead atoms. The molecular weight excluding hydrogens is 322 g/mol. The average Bonchev–Trinajstić information content (AvgIpc) is 2.44. The predicted octanol–water partition coefficient (Wildman–Crippen LogP) is 3.15. The lowest BCUT2D eigenvalue weighted by Gasteiger charge is -2.20. The van der Waals surface area contributed by atoms with Crippen LogP contribution in [-0.4, -0.2) is 32.6 Å². The quantitative estimate of drug-likeness (QED) is 0.886. The molecule has 0 spiro atoms. The first-order valence-corrected chi connectivity index (χ1v) is 7.71. The molecule has 2 heterocycles. The number of hydrogen-bond donors (Lipinski definition) is 2. The molecule has 0 aliphatic heterocycles. The summed E-state index contributed by atoms with van der Waals surface area (Å²) < 4.78 is 5.29. The standard InChI is InChI=1S/C17H21N5O3/c1-10-6-13(20-9-19-10)12-8-18-15(21-11(2)23)7-14(12)22-16(24)25-17(3,4)5/h6-9H,1-5H3,(H2,18,21,22,23,24). The number of pyridine rings is 1. The zero-order valence-corrected chi connectivity index (χ0v) is 14.9. The van der Waals surface area contributed by atoms with E-state index in [1.807, 2.05) is 6.92 Å². The predicted molar refractivity (Wildman–Crippen MR) is 94.2 cm³/mol. The van der Waals surface area contributed by atoms with Crippen molar-refractivity contribution in [2.45, 2.75) is 40.2 Å². The summed E-state index contributed by atoms with van der Waals surface area (Å²) in [6, 6.07) is 3.33. The van der Waals surface area contributed by atoms with Gasteiger partial charge in [0.25, 0.3) is 0 Å². The molecule has 0 saturated carbocycles. The van der Waals surface area contributed by atoms with E-state index in [0.29, 0.717) is 22.8 Å². The van der Waals surface area contributed by atoms with Gasteiger partial charge in [-0.05, 0) is 33.8 Å². The van der Waals surface area contributed by atoms with E-state index < -0.39 is 11.7 Å². The van der Waals surface area contributed by atoms with Crippen LogP contribution in [0.1, 0.15) is 33.4 Å². The number of amides is 2. The average molecular weight is 343 g/mol. The van der Waals surface area contributed by atoms with Gasteiger partial charge in [-0.2, -0.15) is 0 Å². The van der Waals surface area contributed by atoms with E-state index in [4.69, 9.17) is 4.74 Å². The van der Waals surface area contributed by atoms with Gasteiger partial charge in [0.2, 0.25) is 5.91 Å². The number of nitrogens with one attached hydrogen (secondary N) is 2. The van der Waals surface area contributed by atoms with Crippen molar-refractivity contribution in [1.82, 2.24) is 15.0 Å². The zero-order chi connectivity index (χ0) is 18.6. The van der Waals surface area contributed by atoms with E-state index in [1.165, 1.54) is 19.4 Å². The van der Waals surface area contributed by atoms with Gasteiger partial charge in [-0.3, -0.25) is 10.1 Å². The van der Waals surface area contributed by atoms with Crippen molar-refractivity contribution in [1.29, 1.82) is 0 Å². The van der Waals surface area contributed by atoms with Gasteiger partial charge in [-0.25, -0.2) is 19.7 Å². The number of anilines is 2. The maximum absolute atomic E-state index is 12.1.